The highest BCUT2D eigenvalue weighted by atomic mass is 35.5. The Morgan fingerprint density at radius 1 is 1.11 bits per heavy atom. The van der Waals surface area contributed by atoms with Crippen LogP contribution in [-0.2, 0) is 0 Å². The first-order valence-electron chi connectivity index (χ1n) is 4.78. The second-order valence-corrected chi connectivity index (χ2v) is 3.57. The molecule has 0 saturated heterocycles. The first-order valence-corrected chi connectivity index (χ1v) is 5.16. The largest absolute Gasteiger partial charge is 0.489 e. The maximum Gasteiger partial charge on any atom is 0.267 e. The summed E-state index contributed by atoms with van der Waals surface area (Å²) < 4.78 is 36.1. The molecule has 0 aliphatic rings. The lowest BCUT2D eigenvalue weighted by atomic mass is 10.3. The van der Waals surface area contributed by atoms with Crippen LogP contribution in [0.15, 0.2) is 24.5 Å². The molecule has 18 heavy (non-hydrogen) atoms. The molecular weight excluding hydrogens is 266 g/mol. The van der Waals surface area contributed by atoms with Gasteiger partial charge in [0.25, 0.3) is 5.88 Å². The summed E-state index contributed by atoms with van der Waals surface area (Å²) in [6.07, 6.45) is 1.15. The van der Waals surface area contributed by atoms with Crippen LogP contribution in [0.4, 0.5) is 8.78 Å². The van der Waals surface area contributed by atoms with Crippen LogP contribution in [0.1, 0.15) is 0 Å². The van der Waals surface area contributed by atoms with Crippen LogP contribution in [-0.4, -0.2) is 17.1 Å². The van der Waals surface area contributed by atoms with Gasteiger partial charge in [0.05, 0.1) is 7.11 Å². The highest BCUT2D eigenvalue weighted by molar-refractivity contribution is 6.31. The molecule has 0 N–H and O–H groups in total. The minimum Gasteiger partial charge on any atom is -0.489 e. The number of halogens is 3. The van der Waals surface area contributed by atoms with E-state index in [1.165, 1.54) is 7.11 Å². The van der Waals surface area contributed by atoms with E-state index in [9.17, 15) is 8.78 Å². The van der Waals surface area contributed by atoms with Crippen LogP contribution in [0, 0.1) is 11.6 Å². The van der Waals surface area contributed by atoms with Crippen LogP contribution in [0.2, 0.25) is 5.15 Å². The zero-order chi connectivity index (χ0) is 13.1. The van der Waals surface area contributed by atoms with Crippen molar-refractivity contribution in [3.05, 3.63) is 41.3 Å². The summed E-state index contributed by atoms with van der Waals surface area (Å²) in [5, 5.41) is 0.0411. The number of ether oxygens (including phenoxy) is 2. The van der Waals surface area contributed by atoms with Gasteiger partial charge in [0.15, 0.2) is 5.15 Å². The van der Waals surface area contributed by atoms with Crippen molar-refractivity contribution in [1.82, 2.24) is 9.97 Å². The molecule has 0 saturated carbocycles. The van der Waals surface area contributed by atoms with Crippen molar-refractivity contribution in [2.45, 2.75) is 0 Å². The minimum absolute atomic E-state index is 0.0255. The van der Waals surface area contributed by atoms with Gasteiger partial charge in [-0.3, -0.25) is 0 Å². The summed E-state index contributed by atoms with van der Waals surface area (Å²) in [5.74, 6) is -1.51. The molecule has 0 spiro atoms. The number of benzene rings is 1. The maximum absolute atomic E-state index is 13.0. The fourth-order valence-corrected chi connectivity index (χ4v) is 1.48. The number of hydrogen-bond acceptors (Lipinski definition) is 4. The van der Waals surface area contributed by atoms with E-state index in [0.29, 0.717) is 0 Å². The number of nitrogens with zero attached hydrogens (tertiary/aromatic N) is 2. The fraction of sp³-hybridized carbons (Fsp3) is 0.0909. The third-order valence-electron chi connectivity index (χ3n) is 1.98. The van der Waals surface area contributed by atoms with E-state index >= 15 is 0 Å². The van der Waals surface area contributed by atoms with Crippen molar-refractivity contribution < 1.29 is 18.3 Å². The second-order valence-electron chi connectivity index (χ2n) is 3.21. The standard InChI is InChI=1S/C11H7ClF2N2O2/c1-17-9-10(12)15-5-16-11(9)18-8-3-6(13)2-7(14)4-8/h2-5H,1H3. The predicted octanol–water partition coefficient (Wildman–Crippen LogP) is 3.21. The number of methoxy groups -OCH3 is 1. The van der Waals surface area contributed by atoms with Gasteiger partial charge in [0, 0.05) is 18.2 Å². The molecule has 94 valence electrons. The Bertz CT molecular complexity index is 561. The summed E-state index contributed by atoms with van der Waals surface area (Å²) in [5.41, 5.74) is 0. The van der Waals surface area contributed by atoms with Crippen molar-refractivity contribution in [1.29, 1.82) is 0 Å². The lowest BCUT2D eigenvalue weighted by Gasteiger charge is -2.09. The Balaban J connectivity index is 2.36. The molecule has 2 rings (SSSR count). The molecule has 0 atom stereocenters. The number of rotatable bonds is 3. The van der Waals surface area contributed by atoms with Gasteiger partial charge in [-0.05, 0) is 0 Å². The molecule has 0 unspecified atom stereocenters. The monoisotopic (exact) mass is 272 g/mol. The molecule has 0 fully saturated rings. The zero-order valence-corrected chi connectivity index (χ0v) is 9.91. The highest BCUT2D eigenvalue weighted by Crippen LogP contribution is 2.33. The van der Waals surface area contributed by atoms with Gasteiger partial charge in [0.2, 0.25) is 5.75 Å². The molecule has 0 aliphatic carbocycles. The van der Waals surface area contributed by atoms with Gasteiger partial charge in [-0.15, -0.1) is 0 Å². The van der Waals surface area contributed by atoms with E-state index < -0.39 is 11.6 Å². The molecule has 0 amide bonds. The molecule has 1 heterocycles. The van der Waals surface area contributed by atoms with E-state index in [1.807, 2.05) is 0 Å². The van der Waals surface area contributed by atoms with Gasteiger partial charge in [-0.25, -0.2) is 13.8 Å². The van der Waals surface area contributed by atoms with Gasteiger partial charge in [-0.1, -0.05) is 11.6 Å². The van der Waals surface area contributed by atoms with Crippen LogP contribution in [0.25, 0.3) is 0 Å². The minimum atomic E-state index is -0.760. The molecule has 2 aromatic rings. The maximum atomic E-state index is 13.0. The van der Waals surface area contributed by atoms with Crippen molar-refractivity contribution in [2.75, 3.05) is 7.11 Å². The van der Waals surface area contributed by atoms with Gasteiger partial charge < -0.3 is 9.47 Å². The lowest BCUT2D eigenvalue weighted by Crippen LogP contribution is -1.96. The van der Waals surface area contributed by atoms with Crippen LogP contribution in [0.5, 0.6) is 17.4 Å². The van der Waals surface area contributed by atoms with Crippen molar-refractivity contribution in [3.8, 4) is 17.4 Å². The molecule has 0 radical (unpaired) electrons. The predicted molar refractivity (Wildman–Crippen MR) is 60.0 cm³/mol. The van der Waals surface area contributed by atoms with Crippen LogP contribution < -0.4 is 9.47 Å². The van der Waals surface area contributed by atoms with E-state index in [-0.39, 0.29) is 22.5 Å². The summed E-state index contributed by atoms with van der Waals surface area (Å²) in [4.78, 5) is 7.47. The third-order valence-corrected chi connectivity index (χ3v) is 2.25. The Morgan fingerprint density at radius 3 is 2.39 bits per heavy atom. The SMILES string of the molecule is COc1c(Cl)ncnc1Oc1cc(F)cc(F)c1. The average molecular weight is 273 g/mol. The van der Waals surface area contributed by atoms with Gasteiger partial charge >= 0.3 is 0 Å². The van der Waals surface area contributed by atoms with E-state index in [2.05, 4.69) is 9.97 Å². The summed E-state index contributed by atoms with van der Waals surface area (Å²) in [7, 11) is 1.35. The summed E-state index contributed by atoms with van der Waals surface area (Å²) in [6, 6.07) is 2.76. The Hall–Kier alpha value is -1.95. The molecular formula is C11H7ClF2N2O2. The van der Waals surface area contributed by atoms with Crippen molar-refractivity contribution in [3.63, 3.8) is 0 Å². The number of hydrogen-bond donors (Lipinski definition) is 0. The van der Waals surface area contributed by atoms with E-state index in [0.717, 1.165) is 24.5 Å². The Morgan fingerprint density at radius 2 is 1.78 bits per heavy atom. The van der Waals surface area contributed by atoms with Gasteiger partial charge in [-0.2, -0.15) is 4.98 Å². The average Bonchev–Trinajstić information content (AvgIpc) is 2.27. The molecule has 0 bridgehead atoms. The quantitative estimate of drug-likeness (QED) is 0.805. The summed E-state index contributed by atoms with van der Waals surface area (Å²) in [6.45, 7) is 0. The first kappa shape index (κ1) is 12.5. The Kier molecular flexibility index (Phi) is 3.57. The van der Waals surface area contributed by atoms with Crippen LogP contribution >= 0.6 is 11.6 Å². The second kappa shape index (κ2) is 5.14. The van der Waals surface area contributed by atoms with Crippen molar-refractivity contribution >= 4 is 11.6 Å². The third kappa shape index (κ3) is 2.65. The molecule has 7 heteroatoms. The van der Waals surface area contributed by atoms with E-state index in [4.69, 9.17) is 21.1 Å². The number of aromatic nitrogens is 2. The lowest BCUT2D eigenvalue weighted by molar-refractivity contribution is 0.365. The normalized spacial score (nSPS) is 10.2. The zero-order valence-electron chi connectivity index (χ0n) is 9.15. The summed E-state index contributed by atoms with van der Waals surface area (Å²) >= 11 is 5.75. The molecule has 0 aliphatic heterocycles. The van der Waals surface area contributed by atoms with Crippen molar-refractivity contribution in [2.24, 2.45) is 0 Å². The first-order chi connectivity index (χ1) is 8.60. The molecule has 1 aromatic carbocycles. The fourth-order valence-electron chi connectivity index (χ4n) is 1.28. The Labute approximate surface area is 106 Å². The topological polar surface area (TPSA) is 44.2 Å². The van der Waals surface area contributed by atoms with E-state index in [1.54, 1.807) is 0 Å². The smallest absolute Gasteiger partial charge is 0.267 e. The molecule has 1 aromatic heterocycles. The molecule has 4 nitrogen and oxygen atoms in total. The highest BCUT2D eigenvalue weighted by Gasteiger charge is 2.13. The van der Waals surface area contributed by atoms with Gasteiger partial charge in [0.1, 0.15) is 23.7 Å². The van der Waals surface area contributed by atoms with Crippen LogP contribution in [0.3, 0.4) is 0 Å².